The van der Waals surface area contributed by atoms with Crippen molar-refractivity contribution in [2.24, 2.45) is 5.92 Å². The fraction of sp³-hybridized carbons (Fsp3) is 0.452. The van der Waals surface area contributed by atoms with Crippen LogP contribution in [0.25, 0.3) is 27.7 Å². The first-order valence-corrected chi connectivity index (χ1v) is 13.2. The van der Waals surface area contributed by atoms with Crippen LogP contribution in [-0.4, -0.2) is 30.0 Å². The second-order valence-electron chi connectivity index (χ2n) is 10.3. The van der Waals surface area contributed by atoms with E-state index in [2.05, 4.69) is 42.2 Å². The molecule has 5 rings (SSSR count). The van der Waals surface area contributed by atoms with Gasteiger partial charge in [0.15, 0.2) is 0 Å². The molecule has 0 bridgehead atoms. The topological polar surface area (TPSA) is 42.7 Å². The first-order chi connectivity index (χ1) is 17.0. The molecule has 1 aromatic heterocycles. The molecule has 2 aliphatic rings. The highest BCUT2D eigenvalue weighted by Crippen LogP contribution is 2.41. The highest BCUT2D eigenvalue weighted by molar-refractivity contribution is 6.01. The summed E-state index contributed by atoms with van der Waals surface area (Å²) < 4.78 is 12.2. The van der Waals surface area contributed by atoms with E-state index in [1.54, 1.807) is 0 Å². The van der Waals surface area contributed by atoms with Gasteiger partial charge in [-0.2, -0.15) is 0 Å². The maximum atomic E-state index is 13.5. The minimum absolute atomic E-state index is 0.144. The zero-order chi connectivity index (χ0) is 24.5. The Balaban J connectivity index is 1.55. The van der Waals surface area contributed by atoms with E-state index >= 15 is 0 Å². The molecule has 2 fully saturated rings. The van der Waals surface area contributed by atoms with E-state index < -0.39 is 0 Å². The average molecular weight is 472 g/mol. The second-order valence-corrected chi connectivity index (χ2v) is 10.3. The number of carbonyl (C=O) groups excluding carboxylic acids is 1. The molecule has 1 amide bonds. The lowest BCUT2D eigenvalue weighted by atomic mass is 9.78. The van der Waals surface area contributed by atoms with E-state index in [-0.39, 0.29) is 5.91 Å². The summed E-state index contributed by atoms with van der Waals surface area (Å²) in [5.74, 6) is 1.63. The van der Waals surface area contributed by atoms with Crippen LogP contribution in [0.1, 0.15) is 69.1 Å². The van der Waals surface area contributed by atoms with Crippen molar-refractivity contribution < 1.29 is 13.9 Å². The summed E-state index contributed by atoms with van der Waals surface area (Å²) in [6.45, 7) is 9.60. The maximum Gasteiger partial charge on any atom is 0.247 e. The fourth-order valence-electron chi connectivity index (χ4n) is 6.14. The smallest absolute Gasteiger partial charge is 0.247 e. The largest absolute Gasteiger partial charge is 0.493 e. The molecule has 2 aromatic carbocycles. The van der Waals surface area contributed by atoms with Crippen molar-refractivity contribution >= 4 is 22.4 Å². The number of likely N-dealkylation sites (tertiary alicyclic amines) is 1. The van der Waals surface area contributed by atoms with Crippen molar-refractivity contribution in [1.29, 1.82) is 0 Å². The van der Waals surface area contributed by atoms with Crippen molar-refractivity contribution in [1.82, 2.24) is 4.90 Å². The van der Waals surface area contributed by atoms with E-state index in [0.29, 0.717) is 18.6 Å². The van der Waals surface area contributed by atoms with Crippen molar-refractivity contribution in [3.63, 3.8) is 0 Å². The summed E-state index contributed by atoms with van der Waals surface area (Å²) in [5.41, 5.74) is 7.14. The van der Waals surface area contributed by atoms with Gasteiger partial charge in [0, 0.05) is 40.7 Å². The number of piperidine rings is 1. The SMILES string of the molecule is CCOc1c(/C(C)=C/C(=O)N2CCCC3CCCCC32)cc2c(-c3ccc(C)cc3)coc2c1C. The Bertz CT molecular complexity index is 1250. The van der Waals surface area contributed by atoms with Crippen LogP contribution in [0.15, 0.2) is 47.1 Å². The van der Waals surface area contributed by atoms with E-state index in [9.17, 15) is 4.79 Å². The number of ether oxygens (including phenoxy) is 1. The molecule has 2 atom stereocenters. The number of benzene rings is 2. The van der Waals surface area contributed by atoms with Gasteiger partial charge in [-0.25, -0.2) is 0 Å². The molecular weight excluding hydrogens is 434 g/mol. The summed E-state index contributed by atoms with van der Waals surface area (Å²) in [6.07, 6.45) is 11.0. The fourth-order valence-corrected chi connectivity index (χ4v) is 6.14. The third kappa shape index (κ3) is 4.51. The second kappa shape index (κ2) is 9.93. The Hall–Kier alpha value is -3.01. The van der Waals surface area contributed by atoms with Gasteiger partial charge in [0.2, 0.25) is 5.91 Å². The summed E-state index contributed by atoms with van der Waals surface area (Å²) in [5, 5.41) is 1.05. The first kappa shape index (κ1) is 23.7. The van der Waals surface area contributed by atoms with Gasteiger partial charge >= 0.3 is 0 Å². The number of rotatable bonds is 5. The van der Waals surface area contributed by atoms with Crippen LogP contribution >= 0.6 is 0 Å². The molecular formula is C31H37NO3. The Labute approximate surface area is 209 Å². The molecule has 2 unspecified atom stereocenters. The number of fused-ring (bicyclic) bond motifs is 2. The molecule has 1 saturated carbocycles. The maximum absolute atomic E-state index is 13.5. The molecule has 2 heterocycles. The van der Waals surface area contributed by atoms with Crippen LogP contribution in [0.5, 0.6) is 5.75 Å². The summed E-state index contributed by atoms with van der Waals surface area (Å²) in [4.78, 5) is 15.7. The van der Waals surface area contributed by atoms with Gasteiger partial charge in [-0.3, -0.25) is 4.79 Å². The molecule has 0 N–H and O–H groups in total. The molecule has 35 heavy (non-hydrogen) atoms. The molecule has 3 aromatic rings. The van der Waals surface area contributed by atoms with Crippen LogP contribution < -0.4 is 4.74 Å². The number of furan rings is 1. The number of hydrogen-bond acceptors (Lipinski definition) is 3. The molecule has 4 nitrogen and oxygen atoms in total. The zero-order valence-corrected chi connectivity index (χ0v) is 21.5. The number of amides is 1. The van der Waals surface area contributed by atoms with Gasteiger partial charge in [0.1, 0.15) is 11.3 Å². The predicted molar refractivity (Wildman–Crippen MR) is 143 cm³/mol. The summed E-state index contributed by atoms with van der Waals surface area (Å²) >= 11 is 0. The number of allylic oxidation sites excluding steroid dienone is 1. The lowest BCUT2D eigenvalue weighted by Crippen LogP contribution is -2.49. The van der Waals surface area contributed by atoms with Crippen molar-refractivity contribution in [2.45, 2.75) is 72.3 Å². The Morgan fingerprint density at radius 3 is 2.63 bits per heavy atom. The Morgan fingerprint density at radius 2 is 1.86 bits per heavy atom. The number of carbonyl (C=O) groups is 1. The Kier molecular flexibility index (Phi) is 6.73. The van der Waals surface area contributed by atoms with Crippen LogP contribution in [0.3, 0.4) is 0 Å². The number of hydrogen-bond donors (Lipinski definition) is 0. The molecule has 0 radical (unpaired) electrons. The van der Waals surface area contributed by atoms with Gasteiger partial charge in [-0.15, -0.1) is 0 Å². The Morgan fingerprint density at radius 1 is 1.11 bits per heavy atom. The molecule has 184 valence electrons. The average Bonchev–Trinajstić information content (AvgIpc) is 3.30. The third-order valence-corrected chi connectivity index (χ3v) is 7.99. The predicted octanol–water partition coefficient (Wildman–Crippen LogP) is 7.70. The van der Waals surface area contributed by atoms with Gasteiger partial charge < -0.3 is 14.1 Å². The van der Waals surface area contributed by atoms with Crippen molar-refractivity contribution in [2.75, 3.05) is 13.2 Å². The standard InChI is InChI=1S/C31H37NO3/c1-5-34-30-22(4)31-26(27(19-35-31)23-14-12-20(2)13-15-23)18-25(30)21(3)17-29(33)32-16-8-10-24-9-6-7-11-28(24)32/h12-15,17-19,24,28H,5-11,16H2,1-4H3/b21-17+. The summed E-state index contributed by atoms with van der Waals surface area (Å²) in [7, 11) is 0. The van der Waals surface area contributed by atoms with Gasteiger partial charge in [-0.05, 0) is 76.5 Å². The molecule has 4 heteroatoms. The monoisotopic (exact) mass is 471 g/mol. The minimum atomic E-state index is 0.144. The van der Waals surface area contributed by atoms with E-state index in [1.807, 2.05) is 33.1 Å². The summed E-state index contributed by atoms with van der Waals surface area (Å²) in [6, 6.07) is 11.1. The molecule has 1 aliphatic heterocycles. The van der Waals surface area contributed by atoms with Crippen LogP contribution in [-0.2, 0) is 4.79 Å². The van der Waals surface area contributed by atoms with Crippen molar-refractivity contribution in [3.05, 3.63) is 59.4 Å². The van der Waals surface area contributed by atoms with Crippen molar-refractivity contribution in [3.8, 4) is 16.9 Å². The quantitative estimate of drug-likeness (QED) is 0.358. The van der Waals surface area contributed by atoms with Gasteiger partial charge in [0.25, 0.3) is 0 Å². The number of nitrogens with zero attached hydrogens (tertiary/aromatic N) is 1. The van der Waals surface area contributed by atoms with Gasteiger partial charge in [0.05, 0.1) is 12.9 Å². The highest BCUT2D eigenvalue weighted by Gasteiger charge is 2.35. The third-order valence-electron chi connectivity index (χ3n) is 7.99. The van der Waals surface area contributed by atoms with E-state index in [1.165, 1.54) is 31.2 Å². The molecule has 0 spiro atoms. The van der Waals surface area contributed by atoms with E-state index in [0.717, 1.165) is 63.9 Å². The zero-order valence-electron chi connectivity index (χ0n) is 21.5. The minimum Gasteiger partial charge on any atom is -0.493 e. The van der Waals surface area contributed by atoms with Crippen LogP contribution in [0.2, 0.25) is 0 Å². The first-order valence-electron chi connectivity index (χ1n) is 13.2. The van der Waals surface area contributed by atoms with Crippen LogP contribution in [0.4, 0.5) is 0 Å². The van der Waals surface area contributed by atoms with Gasteiger partial charge in [-0.1, -0.05) is 42.7 Å². The van der Waals surface area contributed by atoms with Crippen LogP contribution in [0, 0.1) is 19.8 Å². The highest BCUT2D eigenvalue weighted by atomic mass is 16.5. The lowest BCUT2D eigenvalue weighted by Gasteiger charge is -2.43. The number of aryl methyl sites for hydroxylation is 2. The molecule has 1 saturated heterocycles. The molecule has 1 aliphatic carbocycles. The normalized spacial score (nSPS) is 20.7. The lowest BCUT2D eigenvalue weighted by molar-refractivity contribution is -0.132. The van der Waals surface area contributed by atoms with E-state index in [4.69, 9.17) is 9.15 Å².